The van der Waals surface area contributed by atoms with Crippen molar-refractivity contribution >= 4 is 7.60 Å². The van der Waals surface area contributed by atoms with E-state index < -0.39 is 7.60 Å². The Hall–Kier alpha value is -0.110. The Bertz CT molecular complexity index is 636. The van der Waals surface area contributed by atoms with Crippen LogP contribution < -0.4 is 0 Å². The lowest BCUT2D eigenvalue weighted by molar-refractivity contribution is 0.202. The molecule has 0 aliphatic heterocycles. The average molecular weight is 697 g/mol. The van der Waals surface area contributed by atoms with E-state index >= 15 is 0 Å². The number of rotatable bonds is 42. The van der Waals surface area contributed by atoms with Crippen LogP contribution in [0.2, 0.25) is 0 Å². The third-order valence-electron chi connectivity index (χ3n) is 10.2. The molecule has 0 aromatic carbocycles. The van der Waals surface area contributed by atoms with Crippen LogP contribution in [0.15, 0.2) is 11.9 Å². The molecule has 0 bridgehead atoms. The lowest BCUT2D eigenvalue weighted by Gasteiger charge is -2.21. The van der Waals surface area contributed by atoms with Crippen molar-refractivity contribution in [3.63, 3.8) is 0 Å². The van der Waals surface area contributed by atoms with E-state index in [0.717, 1.165) is 44.9 Å². The van der Waals surface area contributed by atoms with Crippen LogP contribution in [-0.4, -0.2) is 13.2 Å². The molecule has 0 N–H and O–H groups in total. The minimum Gasteiger partial charge on any atom is -0.305 e. The van der Waals surface area contributed by atoms with Gasteiger partial charge in [0.1, 0.15) is 0 Å². The molecule has 288 valence electrons. The molecule has 0 heterocycles. The molecule has 0 aliphatic carbocycles. The van der Waals surface area contributed by atoms with Gasteiger partial charge < -0.3 is 9.05 Å². The molecule has 0 amide bonds. The highest BCUT2D eigenvalue weighted by atomic mass is 31.2. The monoisotopic (exact) mass is 697 g/mol. The number of hydrogen-bond acceptors (Lipinski definition) is 3. The predicted octanol–water partition coefficient (Wildman–Crippen LogP) is 17.2. The Labute approximate surface area is 303 Å². The summed E-state index contributed by atoms with van der Waals surface area (Å²) in [7, 11) is -3.23. The van der Waals surface area contributed by atoms with Crippen molar-refractivity contribution in [1.82, 2.24) is 0 Å². The maximum absolute atomic E-state index is 13.8. The minimum atomic E-state index is -3.23. The second-order valence-corrected chi connectivity index (χ2v) is 17.3. The summed E-state index contributed by atoms with van der Waals surface area (Å²) in [5, 5.41) is 0.701. The van der Waals surface area contributed by atoms with Crippen molar-refractivity contribution in [3.8, 4) is 0 Å². The lowest BCUT2D eigenvalue weighted by Crippen LogP contribution is -2.02. The Morgan fingerprint density at radius 2 is 0.562 bits per heavy atom. The van der Waals surface area contributed by atoms with Crippen molar-refractivity contribution in [2.75, 3.05) is 13.2 Å². The van der Waals surface area contributed by atoms with E-state index in [1.165, 1.54) is 193 Å². The molecular weight excluding hydrogens is 607 g/mol. The standard InChI is InChI=1S/C44H89O3P/c1-5-8-11-14-16-18-20-22-24-26-28-30-32-34-36-39-42-46-48(45,44(4)41-38-13-10-7-3)47-43-40-37-35-33-31-29-27-25-23-21-19-17-15-12-9-6-2/h4-43H2,1-3H3. The van der Waals surface area contributed by atoms with Gasteiger partial charge in [0.15, 0.2) is 0 Å². The summed E-state index contributed by atoms with van der Waals surface area (Å²) in [4.78, 5) is 0. The summed E-state index contributed by atoms with van der Waals surface area (Å²) in [6, 6.07) is 0. The zero-order chi connectivity index (χ0) is 35.1. The summed E-state index contributed by atoms with van der Waals surface area (Å²) in [5.74, 6) is 0. The predicted molar refractivity (Wildman–Crippen MR) is 217 cm³/mol. The van der Waals surface area contributed by atoms with Crippen LogP contribution >= 0.6 is 7.60 Å². The largest absolute Gasteiger partial charge is 0.356 e. The van der Waals surface area contributed by atoms with E-state index in [0.29, 0.717) is 18.5 Å². The number of allylic oxidation sites excluding steroid dienone is 1. The molecule has 0 aromatic rings. The first-order chi connectivity index (χ1) is 23.6. The van der Waals surface area contributed by atoms with E-state index in [9.17, 15) is 4.57 Å². The topological polar surface area (TPSA) is 35.5 Å². The van der Waals surface area contributed by atoms with Crippen molar-refractivity contribution in [2.24, 2.45) is 0 Å². The molecule has 0 aromatic heterocycles. The smallest absolute Gasteiger partial charge is 0.305 e. The molecule has 0 saturated carbocycles. The van der Waals surface area contributed by atoms with E-state index in [4.69, 9.17) is 9.05 Å². The molecule has 0 unspecified atom stereocenters. The molecule has 0 atom stereocenters. The molecule has 0 radical (unpaired) electrons. The first-order valence-corrected chi connectivity index (χ1v) is 23.7. The van der Waals surface area contributed by atoms with E-state index in [1.54, 1.807) is 0 Å². The first kappa shape index (κ1) is 47.9. The molecular formula is C44H89O3P. The molecule has 48 heavy (non-hydrogen) atoms. The van der Waals surface area contributed by atoms with Crippen molar-refractivity contribution in [2.45, 2.75) is 258 Å². The van der Waals surface area contributed by atoms with Gasteiger partial charge in [-0.25, -0.2) is 0 Å². The first-order valence-electron chi connectivity index (χ1n) is 22.2. The van der Waals surface area contributed by atoms with Gasteiger partial charge in [0.2, 0.25) is 0 Å². The second-order valence-electron chi connectivity index (χ2n) is 15.1. The van der Waals surface area contributed by atoms with E-state index in [1.807, 2.05) is 0 Å². The van der Waals surface area contributed by atoms with Crippen LogP contribution in [-0.2, 0) is 13.6 Å². The van der Waals surface area contributed by atoms with Crippen LogP contribution in [0.1, 0.15) is 258 Å². The number of hydrogen-bond donors (Lipinski definition) is 0. The fourth-order valence-corrected chi connectivity index (χ4v) is 8.39. The lowest BCUT2D eigenvalue weighted by atomic mass is 10.0. The maximum atomic E-state index is 13.8. The fraction of sp³-hybridized carbons (Fsp3) is 0.955. The van der Waals surface area contributed by atoms with Gasteiger partial charge >= 0.3 is 7.60 Å². The Morgan fingerprint density at radius 1 is 0.354 bits per heavy atom. The molecule has 0 rings (SSSR count). The van der Waals surface area contributed by atoms with Crippen LogP contribution in [0.25, 0.3) is 0 Å². The van der Waals surface area contributed by atoms with Crippen molar-refractivity contribution in [1.29, 1.82) is 0 Å². The average Bonchev–Trinajstić information content (AvgIpc) is 3.09. The minimum absolute atomic E-state index is 0.530. The van der Waals surface area contributed by atoms with Gasteiger partial charge in [-0.2, -0.15) is 0 Å². The van der Waals surface area contributed by atoms with Gasteiger partial charge in [0.05, 0.1) is 13.2 Å². The van der Waals surface area contributed by atoms with Gasteiger partial charge in [-0.15, -0.1) is 0 Å². The van der Waals surface area contributed by atoms with Gasteiger partial charge in [-0.05, 0) is 25.7 Å². The fourth-order valence-electron chi connectivity index (χ4n) is 6.78. The van der Waals surface area contributed by atoms with E-state index in [-0.39, 0.29) is 0 Å². The SMILES string of the molecule is C=C(CCCCCC)P(=O)(OCCCCCCCCCCCCCCCCCC)OCCCCCCCCCCCCCCCCCC. The quantitative estimate of drug-likeness (QED) is 0.0471. The van der Waals surface area contributed by atoms with Crippen LogP contribution in [0.5, 0.6) is 0 Å². The third kappa shape index (κ3) is 34.3. The highest BCUT2D eigenvalue weighted by Gasteiger charge is 2.28. The molecule has 0 fully saturated rings. The Morgan fingerprint density at radius 3 is 0.812 bits per heavy atom. The summed E-state index contributed by atoms with van der Waals surface area (Å²) in [6.07, 6.45) is 48.6. The number of unbranched alkanes of at least 4 members (excludes halogenated alkanes) is 33. The maximum Gasteiger partial charge on any atom is 0.356 e. The summed E-state index contributed by atoms with van der Waals surface area (Å²) in [6.45, 7) is 12.1. The van der Waals surface area contributed by atoms with Crippen molar-refractivity contribution in [3.05, 3.63) is 11.9 Å². The molecule has 4 heteroatoms. The normalized spacial score (nSPS) is 11.9. The molecule has 0 aliphatic rings. The third-order valence-corrected chi connectivity index (χ3v) is 12.3. The van der Waals surface area contributed by atoms with Crippen LogP contribution in [0.3, 0.4) is 0 Å². The van der Waals surface area contributed by atoms with E-state index in [2.05, 4.69) is 27.4 Å². The van der Waals surface area contributed by atoms with Crippen LogP contribution in [0.4, 0.5) is 0 Å². The highest BCUT2D eigenvalue weighted by Crippen LogP contribution is 2.57. The van der Waals surface area contributed by atoms with Gasteiger partial charge in [-0.1, -0.05) is 239 Å². The zero-order valence-corrected chi connectivity index (χ0v) is 34.4. The highest BCUT2D eigenvalue weighted by molar-refractivity contribution is 7.58. The Kier molecular flexibility index (Phi) is 39.6. The molecule has 3 nitrogen and oxygen atoms in total. The second kappa shape index (κ2) is 39.7. The van der Waals surface area contributed by atoms with Gasteiger partial charge in [0.25, 0.3) is 0 Å². The zero-order valence-electron chi connectivity index (χ0n) is 33.5. The summed E-state index contributed by atoms with van der Waals surface area (Å²) in [5.41, 5.74) is 0. The summed E-state index contributed by atoms with van der Waals surface area (Å²) >= 11 is 0. The van der Waals surface area contributed by atoms with Gasteiger partial charge in [-0.3, -0.25) is 4.57 Å². The van der Waals surface area contributed by atoms with Gasteiger partial charge in [0, 0.05) is 5.31 Å². The molecule has 0 saturated heterocycles. The van der Waals surface area contributed by atoms with Crippen LogP contribution in [0, 0.1) is 0 Å². The van der Waals surface area contributed by atoms with Crippen molar-refractivity contribution < 1.29 is 13.6 Å². The molecule has 0 spiro atoms. The Balaban J connectivity index is 3.92. The summed E-state index contributed by atoms with van der Waals surface area (Å²) < 4.78 is 25.8.